The molecule has 0 unspecified atom stereocenters. The zero-order valence-corrected chi connectivity index (χ0v) is 12.2. The first kappa shape index (κ1) is 15.8. The molecule has 1 aliphatic heterocycles. The Hall–Kier alpha value is -1.56. The third kappa shape index (κ3) is 3.56. The molecule has 1 aromatic carbocycles. The van der Waals surface area contributed by atoms with E-state index < -0.39 is 11.7 Å². The van der Waals surface area contributed by atoms with Crippen LogP contribution >= 0.6 is 0 Å². The van der Waals surface area contributed by atoms with Crippen molar-refractivity contribution in [2.45, 2.75) is 25.1 Å². The molecular weight excluding hydrogens is 281 g/mol. The van der Waals surface area contributed by atoms with E-state index in [4.69, 9.17) is 0 Å². The molecule has 21 heavy (non-hydrogen) atoms. The fourth-order valence-corrected chi connectivity index (χ4v) is 2.74. The molecule has 1 aliphatic rings. The van der Waals surface area contributed by atoms with Gasteiger partial charge in [0.05, 0.1) is 5.56 Å². The highest BCUT2D eigenvalue weighted by Gasteiger charge is 2.36. The number of aldehydes is 1. The van der Waals surface area contributed by atoms with Gasteiger partial charge < -0.3 is 9.80 Å². The first-order valence-corrected chi connectivity index (χ1v) is 6.90. The summed E-state index contributed by atoms with van der Waals surface area (Å²) in [5.74, 6) is 0. The molecule has 6 heteroatoms. The van der Waals surface area contributed by atoms with Crippen molar-refractivity contribution < 1.29 is 18.0 Å². The fraction of sp³-hybridized carbons (Fsp3) is 0.533. The van der Waals surface area contributed by atoms with Crippen LogP contribution in [0.1, 0.15) is 28.8 Å². The molecule has 0 atom stereocenters. The number of piperidine rings is 1. The van der Waals surface area contributed by atoms with Gasteiger partial charge in [0.15, 0.2) is 0 Å². The summed E-state index contributed by atoms with van der Waals surface area (Å²) >= 11 is 0. The lowest BCUT2D eigenvalue weighted by atomic mass is 10.0. The first-order valence-electron chi connectivity index (χ1n) is 6.90. The molecule has 1 aromatic rings. The van der Waals surface area contributed by atoms with Gasteiger partial charge in [-0.3, -0.25) is 4.79 Å². The number of hydrogen-bond donors (Lipinski definition) is 0. The molecule has 3 nitrogen and oxygen atoms in total. The lowest BCUT2D eigenvalue weighted by Gasteiger charge is -2.37. The molecule has 0 spiro atoms. The van der Waals surface area contributed by atoms with Crippen LogP contribution in [0.15, 0.2) is 18.2 Å². The fourth-order valence-electron chi connectivity index (χ4n) is 2.74. The Morgan fingerprint density at radius 2 is 1.90 bits per heavy atom. The van der Waals surface area contributed by atoms with Crippen LogP contribution in [0.4, 0.5) is 18.9 Å². The minimum absolute atomic E-state index is 0.0443. The summed E-state index contributed by atoms with van der Waals surface area (Å²) in [6.45, 7) is 1.76. The number of hydrogen-bond acceptors (Lipinski definition) is 3. The first-order chi connectivity index (χ1) is 9.82. The summed E-state index contributed by atoms with van der Waals surface area (Å²) in [4.78, 5) is 14.6. The second kappa shape index (κ2) is 6.05. The van der Waals surface area contributed by atoms with Crippen LogP contribution in [-0.4, -0.2) is 44.4 Å². The second-order valence-corrected chi connectivity index (χ2v) is 5.54. The molecule has 0 aliphatic carbocycles. The predicted molar refractivity (Wildman–Crippen MR) is 75.8 cm³/mol. The Bertz CT molecular complexity index is 508. The van der Waals surface area contributed by atoms with Crippen LogP contribution in [0.2, 0.25) is 0 Å². The van der Waals surface area contributed by atoms with Crippen molar-refractivity contribution in [3.05, 3.63) is 29.3 Å². The summed E-state index contributed by atoms with van der Waals surface area (Å²) in [7, 11) is 3.71. The van der Waals surface area contributed by atoms with Crippen LogP contribution in [-0.2, 0) is 6.18 Å². The Kier molecular flexibility index (Phi) is 4.56. The van der Waals surface area contributed by atoms with Gasteiger partial charge in [-0.15, -0.1) is 0 Å². The van der Waals surface area contributed by atoms with Crippen LogP contribution in [0.3, 0.4) is 0 Å². The monoisotopic (exact) mass is 300 g/mol. The van der Waals surface area contributed by atoms with Crippen LogP contribution in [0.5, 0.6) is 0 Å². The van der Waals surface area contributed by atoms with Crippen LogP contribution in [0, 0.1) is 0 Å². The maximum atomic E-state index is 13.2. The van der Waals surface area contributed by atoms with E-state index in [2.05, 4.69) is 4.90 Å². The van der Waals surface area contributed by atoms with E-state index in [1.54, 1.807) is 11.9 Å². The van der Waals surface area contributed by atoms with Gasteiger partial charge in [0.25, 0.3) is 0 Å². The van der Waals surface area contributed by atoms with E-state index in [-0.39, 0.29) is 17.3 Å². The van der Waals surface area contributed by atoms with E-state index >= 15 is 0 Å². The highest BCUT2D eigenvalue weighted by Crippen LogP contribution is 2.38. The van der Waals surface area contributed by atoms with Crippen molar-refractivity contribution in [3.8, 4) is 0 Å². The number of likely N-dealkylation sites (tertiary alicyclic amines) is 1. The van der Waals surface area contributed by atoms with Gasteiger partial charge in [0.1, 0.15) is 6.29 Å². The topological polar surface area (TPSA) is 23.6 Å². The van der Waals surface area contributed by atoms with E-state index in [0.717, 1.165) is 32.0 Å². The van der Waals surface area contributed by atoms with Gasteiger partial charge in [-0.05, 0) is 51.2 Å². The normalized spacial score (nSPS) is 17.8. The quantitative estimate of drug-likeness (QED) is 0.802. The van der Waals surface area contributed by atoms with E-state index in [1.165, 1.54) is 12.1 Å². The molecule has 0 N–H and O–H groups in total. The maximum absolute atomic E-state index is 13.2. The number of benzene rings is 1. The largest absolute Gasteiger partial charge is 0.418 e. The minimum atomic E-state index is -4.46. The summed E-state index contributed by atoms with van der Waals surface area (Å²) in [5, 5.41) is 0. The summed E-state index contributed by atoms with van der Waals surface area (Å²) in [6.07, 6.45) is -2.36. The molecule has 0 bridgehead atoms. The van der Waals surface area contributed by atoms with Crippen molar-refractivity contribution in [1.82, 2.24) is 4.90 Å². The van der Waals surface area contributed by atoms with Crippen molar-refractivity contribution in [1.29, 1.82) is 0 Å². The molecule has 1 fully saturated rings. The van der Waals surface area contributed by atoms with Gasteiger partial charge >= 0.3 is 6.18 Å². The number of anilines is 1. The van der Waals surface area contributed by atoms with Gasteiger partial charge in [-0.1, -0.05) is 0 Å². The zero-order chi connectivity index (χ0) is 15.6. The number of rotatable bonds is 3. The summed E-state index contributed by atoms with van der Waals surface area (Å²) < 4.78 is 39.6. The Morgan fingerprint density at radius 3 is 2.43 bits per heavy atom. The number of halogens is 3. The van der Waals surface area contributed by atoms with Gasteiger partial charge in [-0.2, -0.15) is 13.2 Å². The molecule has 0 radical (unpaired) electrons. The lowest BCUT2D eigenvalue weighted by Crippen LogP contribution is -2.42. The average Bonchev–Trinajstić information content (AvgIpc) is 2.46. The number of nitrogens with zero attached hydrogens (tertiary/aromatic N) is 2. The van der Waals surface area contributed by atoms with Gasteiger partial charge in [0, 0.05) is 24.3 Å². The molecule has 2 rings (SSSR count). The average molecular weight is 300 g/mol. The molecule has 1 heterocycles. The van der Waals surface area contributed by atoms with E-state index in [1.807, 2.05) is 7.05 Å². The number of carbonyl (C=O) groups excluding carboxylic acids is 1. The molecule has 0 aromatic heterocycles. The molecular formula is C15H19F3N2O. The Labute approximate surface area is 122 Å². The summed E-state index contributed by atoms with van der Waals surface area (Å²) in [5.41, 5.74) is -0.556. The highest BCUT2D eigenvalue weighted by molar-refractivity contribution is 5.77. The minimum Gasteiger partial charge on any atom is -0.371 e. The Balaban J connectivity index is 2.31. The van der Waals surface area contributed by atoms with Gasteiger partial charge in [-0.25, -0.2) is 0 Å². The van der Waals surface area contributed by atoms with Crippen molar-refractivity contribution in [2.24, 2.45) is 0 Å². The smallest absolute Gasteiger partial charge is 0.371 e. The molecule has 0 amide bonds. The maximum Gasteiger partial charge on any atom is 0.418 e. The van der Waals surface area contributed by atoms with Crippen LogP contribution in [0.25, 0.3) is 0 Å². The van der Waals surface area contributed by atoms with Crippen LogP contribution < -0.4 is 4.90 Å². The standard InChI is InChI=1S/C15H19F3N2O/c1-19-7-5-12(6-8-19)20(2)14-4-3-11(10-21)9-13(14)15(16,17)18/h3-4,9-10,12H,5-8H2,1-2H3. The second-order valence-electron chi connectivity index (χ2n) is 5.54. The van der Waals surface area contributed by atoms with E-state index in [9.17, 15) is 18.0 Å². The predicted octanol–water partition coefficient (Wildman–Crippen LogP) is 3.05. The Morgan fingerprint density at radius 1 is 1.29 bits per heavy atom. The van der Waals surface area contributed by atoms with Gasteiger partial charge in [0.2, 0.25) is 0 Å². The lowest BCUT2D eigenvalue weighted by molar-refractivity contribution is -0.137. The number of carbonyl (C=O) groups is 1. The van der Waals surface area contributed by atoms with Crippen molar-refractivity contribution in [3.63, 3.8) is 0 Å². The highest BCUT2D eigenvalue weighted by atomic mass is 19.4. The zero-order valence-electron chi connectivity index (χ0n) is 12.2. The van der Waals surface area contributed by atoms with Crippen molar-refractivity contribution in [2.75, 3.05) is 32.1 Å². The molecule has 1 saturated heterocycles. The van der Waals surface area contributed by atoms with E-state index in [0.29, 0.717) is 6.29 Å². The third-order valence-electron chi connectivity index (χ3n) is 4.08. The number of alkyl halides is 3. The summed E-state index contributed by atoms with van der Waals surface area (Å²) in [6, 6.07) is 3.84. The molecule has 116 valence electrons. The molecule has 0 saturated carbocycles. The SMILES string of the molecule is CN1CCC(N(C)c2ccc(C=O)cc2C(F)(F)F)CC1. The third-order valence-corrected chi connectivity index (χ3v) is 4.08. The van der Waals surface area contributed by atoms with Crippen molar-refractivity contribution >= 4 is 12.0 Å².